The molecule has 1 aromatic carbocycles. The Balaban J connectivity index is 1.68. The summed E-state index contributed by atoms with van der Waals surface area (Å²) in [7, 11) is 1.75. The van der Waals surface area contributed by atoms with E-state index in [2.05, 4.69) is 0 Å². The zero-order valence-corrected chi connectivity index (χ0v) is 15.0. The van der Waals surface area contributed by atoms with Gasteiger partial charge in [0.15, 0.2) is 0 Å². The number of hydrogen-bond donors (Lipinski definition) is 0. The molecule has 0 aliphatic heterocycles. The highest BCUT2D eigenvalue weighted by atomic mass is 32.1. The van der Waals surface area contributed by atoms with Gasteiger partial charge in [-0.2, -0.15) is 0 Å². The summed E-state index contributed by atoms with van der Waals surface area (Å²) in [6.07, 6.45) is 1.59. The van der Waals surface area contributed by atoms with Crippen LogP contribution >= 0.6 is 11.3 Å². The molecule has 4 rings (SSSR count). The molecular formula is C20H17FN2O2S. The van der Waals surface area contributed by atoms with Gasteiger partial charge in [-0.1, -0.05) is 12.1 Å². The number of thiophene rings is 1. The number of furan rings is 1. The third kappa shape index (κ3) is 3.15. The lowest BCUT2D eigenvalue weighted by Gasteiger charge is -2.18. The van der Waals surface area contributed by atoms with E-state index < -0.39 is 0 Å². The first-order valence-electron chi connectivity index (χ1n) is 8.21. The van der Waals surface area contributed by atoms with E-state index in [0.717, 1.165) is 21.5 Å². The van der Waals surface area contributed by atoms with Crippen molar-refractivity contribution in [3.8, 4) is 0 Å². The molecule has 0 spiro atoms. The summed E-state index contributed by atoms with van der Waals surface area (Å²) in [5, 5.41) is 1.99. The van der Waals surface area contributed by atoms with Gasteiger partial charge in [-0.25, -0.2) is 4.39 Å². The normalized spacial score (nSPS) is 11.2. The first-order valence-corrected chi connectivity index (χ1v) is 9.09. The Hall–Kier alpha value is -2.86. The first-order chi connectivity index (χ1) is 12.6. The molecule has 0 fully saturated rings. The van der Waals surface area contributed by atoms with E-state index in [9.17, 15) is 9.18 Å². The van der Waals surface area contributed by atoms with Crippen LogP contribution in [-0.2, 0) is 13.1 Å². The van der Waals surface area contributed by atoms with Crippen LogP contribution in [0.15, 0.2) is 64.6 Å². The van der Waals surface area contributed by atoms with Crippen molar-refractivity contribution in [1.29, 1.82) is 0 Å². The second-order valence-electron chi connectivity index (χ2n) is 6.16. The maximum Gasteiger partial charge on any atom is 0.270 e. The van der Waals surface area contributed by atoms with E-state index in [4.69, 9.17) is 4.42 Å². The molecule has 0 radical (unpaired) electrons. The van der Waals surface area contributed by atoms with E-state index >= 15 is 0 Å². The molecule has 0 saturated heterocycles. The van der Waals surface area contributed by atoms with E-state index in [1.807, 2.05) is 34.2 Å². The number of hydrogen-bond acceptors (Lipinski definition) is 3. The quantitative estimate of drug-likeness (QED) is 0.510. The standard InChI is InChI=1S/C20H17FN2O2S/c1-22(13-16-6-3-8-25-16)20(24)18-11-19-17(7-9-26-19)23(18)12-14-4-2-5-15(21)10-14/h2-11H,12-13H2,1H3. The number of benzene rings is 1. The van der Waals surface area contributed by atoms with Crippen molar-refractivity contribution in [2.75, 3.05) is 7.05 Å². The van der Waals surface area contributed by atoms with Crippen molar-refractivity contribution < 1.29 is 13.6 Å². The van der Waals surface area contributed by atoms with E-state index in [-0.39, 0.29) is 11.7 Å². The maximum absolute atomic E-state index is 13.6. The second-order valence-corrected chi connectivity index (χ2v) is 7.10. The second kappa shape index (κ2) is 6.80. The minimum absolute atomic E-state index is 0.0961. The van der Waals surface area contributed by atoms with E-state index in [1.54, 1.807) is 41.7 Å². The number of fused-ring (bicyclic) bond motifs is 1. The number of halogens is 1. The molecule has 132 valence electrons. The number of rotatable bonds is 5. The number of carbonyl (C=O) groups is 1. The Morgan fingerprint density at radius 2 is 2.12 bits per heavy atom. The van der Waals surface area contributed by atoms with Crippen LogP contribution in [0.1, 0.15) is 21.8 Å². The van der Waals surface area contributed by atoms with Gasteiger partial charge >= 0.3 is 0 Å². The average molecular weight is 368 g/mol. The Kier molecular flexibility index (Phi) is 4.34. The van der Waals surface area contributed by atoms with E-state index in [1.165, 1.54) is 12.1 Å². The van der Waals surface area contributed by atoms with Crippen LogP contribution in [0.3, 0.4) is 0 Å². The SMILES string of the molecule is CN(Cc1ccco1)C(=O)c1cc2sccc2n1Cc1cccc(F)c1. The Labute approximate surface area is 154 Å². The fourth-order valence-corrected chi connectivity index (χ4v) is 3.87. The Morgan fingerprint density at radius 3 is 2.88 bits per heavy atom. The van der Waals surface area contributed by atoms with Crippen LogP contribution in [0.25, 0.3) is 10.2 Å². The predicted octanol–water partition coefficient (Wildman–Crippen LogP) is 4.76. The lowest BCUT2D eigenvalue weighted by Crippen LogP contribution is -2.28. The molecule has 0 saturated carbocycles. The molecule has 6 heteroatoms. The summed E-state index contributed by atoms with van der Waals surface area (Å²) >= 11 is 1.59. The molecule has 3 aromatic heterocycles. The zero-order chi connectivity index (χ0) is 18.1. The van der Waals surface area contributed by atoms with Gasteiger partial charge in [0.1, 0.15) is 17.3 Å². The van der Waals surface area contributed by atoms with Crippen molar-refractivity contribution in [1.82, 2.24) is 9.47 Å². The third-order valence-electron chi connectivity index (χ3n) is 4.29. The summed E-state index contributed by atoms with van der Waals surface area (Å²) < 4.78 is 21.9. The lowest BCUT2D eigenvalue weighted by atomic mass is 10.2. The predicted molar refractivity (Wildman–Crippen MR) is 99.8 cm³/mol. The highest BCUT2D eigenvalue weighted by Crippen LogP contribution is 2.27. The Bertz CT molecular complexity index is 1050. The summed E-state index contributed by atoms with van der Waals surface area (Å²) in [4.78, 5) is 14.6. The smallest absolute Gasteiger partial charge is 0.270 e. The average Bonchev–Trinajstić information content (AvgIpc) is 3.33. The molecular weight excluding hydrogens is 351 g/mol. The summed E-state index contributed by atoms with van der Waals surface area (Å²) in [6, 6.07) is 14.0. The van der Waals surface area contributed by atoms with Crippen LogP contribution in [0.2, 0.25) is 0 Å². The van der Waals surface area contributed by atoms with Crippen molar-refractivity contribution in [2.45, 2.75) is 13.1 Å². The molecule has 0 N–H and O–H groups in total. The van der Waals surface area contributed by atoms with Crippen molar-refractivity contribution in [3.63, 3.8) is 0 Å². The highest BCUT2D eigenvalue weighted by Gasteiger charge is 2.20. The minimum Gasteiger partial charge on any atom is -0.467 e. The summed E-state index contributed by atoms with van der Waals surface area (Å²) in [5.41, 5.74) is 2.38. The highest BCUT2D eigenvalue weighted by molar-refractivity contribution is 7.17. The van der Waals surface area contributed by atoms with Crippen LogP contribution in [-0.4, -0.2) is 22.4 Å². The molecule has 4 nitrogen and oxygen atoms in total. The van der Waals surface area contributed by atoms with Gasteiger partial charge < -0.3 is 13.9 Å². The molecule has 0 aliphatic rings. The number of nitrogens with zero attached hydrogens (tertiary/aromatic N) is 2. The van der Waals surface area contributed by atoms with Crippen LogP contribution in [0.4, 0.5) is 4.39 Å². The minimum atomic E-state index is -0.279. The molecule has 0 aliphatic carbocycles. The van der Waals surface area contributed by atoms with Crippen molar-refractivity contribution >= 4 is 27.5 Å². The van der Waals surface area contributed by atoms with Gasteiger partial charge in [-0.05, 0) is 47.3 Å². The maximum atomic E-state index is 13.6. The van der Waals surface area contributed by atoms with Gasteiger partial charge in [-0.15, -0.1) is 11.3 Å². The molecule has 0 unspecified atom stereocenters. The number of aromatic nitrogens is 1. The van der Waals surface area contributed by atoms with Crippen LogP contribution in [0.5, 0.6) is 0 Å². The number of amides is 1. The van der Waals surface area contributed by atoms with Gasteiger partial charge in [0, 0.05) is 13.6 Å². The monoisotopic (exact) mass is 368 g/mol. The third-order valence-corrected chi connectivity index (χ3v) is 5.14. The van der Waals surface area contributed by atoms with Crippen LogP contribution in [0, 0.1) is 5.82 Å². The molecule has 0 atom stereocenters. The first kappa shape index (κ1) is 16.6. The van der Waals surface area contributed by atoms with Crippen LogP contribution < -0.4 is 0 Å². The molecule has 3 heterocycles. The fourth-order valence-electron chi connectivity index (χ4n) is 3.05. The van der Waals surface area contributed by atoms with Gasteiger partial charge in [0.05, 0.1) is 23.0 Å². The zero-order valence-electron chi connectivity index (χ0n) is 14.2. The summed E-state index contributed by atoms with van der Waals surface area (Å²) in [6.45, 7) is 0.832. The largest absolute Gasteiger partial charge is 0.467 e. The molecule has 4 aromatic rings. The van der Waals surface area contributed by atoms with Gasteiger partial charge in [0.2, 0.25) is 0 Å². The molecule has 1 amide bonds. The van der Waals surface area contributed by atoms with Gasteiger partial charge in [-0.3, -0.25) is 4.79 Å². The van der Waals surface area contributed by atoms with Crippen molar-refractivity contribution in [2.24, 2.45) is 0 Å². The van der Waals surface area contributed by atoms with Gasteiger partial charge in [0.25, 0.3) is 5.91 Å². The topological polar surface area (TPSA) is 38.4 Å². The van der Waals surface area contributed by atoms with E-state index in [0.29, 0.717) is 18.8 Å². The fraction of sp³-hybridized carbons (Fsp3) is 0.150. The summed E-state index contributed by atoms with van der Waals surface area (Å²) in [5.74, 6) is 0.353. The number of carbonyl (C=O) groups excluding carboxylic acids is 1. The molecule has 26 heavy (non-hydrogen) atoms. The molecule has 0 bridgehead atoms. The van der Waals surface area contributed by atoms with Crippen molar-refractivity contribution in [3.05, 3.63) is 83.0 Å². The Morgan fingerprint density at radius 1 is 1.23 bits per heavy atom. The lowest BCUT2D eigenvalue weighted by molar-refractivity contribution is 0.0765.